The van der Waals surface area contributed by atoms with Crippen molar-refractivity contribution in [2.24, 2.45) is 28.6 Å². The van der Waals surface area contributed by atoms with Crippen LogP contribution < -0.4 is 10.7 Å². The van der Waals surface area contributed by atoms with E-state index in [0.29, 0.717) is 56.1 Å². The zero-order valence-electron chi connectivity index (χ0n) is 37.4. The first-order valence-electron chi connectivity index (χ1n) is 22.1. The van der Waals surface area contributed by atoms with Gasteiger partial charge in [0.25, 0.3) is 5.91 Å². The number of amides is 3. The normalized spacial score (nSPS) is 26.3. The van der Waals surface area contributed by atoms with Crippen molar-refractivity contribution in [1.29, 1.82) is 0 Å². The maximum Gasteiger partial charge on any atom is 0.324 e. The van der Waals surface area contributed by atoms with E-state index >= 15 is 0 Å². The molecule has 2 saturated heterocycles. The molecule has 1 aliphatic carbocycles. The van der Waals surface area contributed by atoms with Crippen LogP contribution in [0.3, 0.4) is 0 Å². The molecule has 15 heteroatoms. The smallest absolute Gasteiger partial charge is 0.324 e. The van der Waals surface area contributed by atoms with Crippen LogP contribution in [0, 0.1) is 28.6 Å². The number of pyridine rings is 1. The highest BCUT2D eigenvalue weighted by molar-refractivity contribution is 7.10. The lowest BCUT2D eigenvalue weighted by Gasteiger charge is -2.46. The molecule has 62 heavy (non-hydrogen) atoms. The van der Waals surface area contributed by atoms with Gasteiger partial charge in [0.2, 0.25) is 11.8 Å². The third-order valence-electron chi connectivity index (χ3n) is 13.1. The van der Waals surface area contributed by atoms with Crippen molar-refractivity contribution >= 4 is 45.9 Å². The van der Waals surface area contributed by atoms with E-state index in [-0.39, 0.29) is 42.5 Å². The first-order chi connectivity index (χ1) is 29.6. The average Bonchev–Trinajstić information content (AvgIpc) is 3.54. The van der Waals surface area contributed by atoms with Crippen molar-refractivity contribution in [3.8, 4) is 22.5 Å². The van der Waals surface area contributed by atoms with Crippen LogP contribution in [0.15, 0.2) is 41.9 Å². The predicted octanol–water partition coefficient (Wildman–Crippen LogP) is 6.49. The number of nitrogens with zero attached hydrogens (tertiary/aromatic N) is 5. The Morgan fingerprint density at radius 1 is 1.10 bits per heavy atom. The van der Waals surface area contributed by atoms with Crippen molar-refractivity contribution in [3.05, 3.63) is 58.2 Å². The molecule has 7 atom stereocenters. The predicted molar refractivity (Wildman–Crippen MR) is 236 cm³/mol. The average molecular weight is 868 g/mol. The summed E-state index contributed by atoms with van der Waals surface area (Å²) in [6, 6.07) is 8.43. The second-order valence-electron chi connectivity index (χ2n) is 19.1. The summed E-state index contributed by atoms with van der Waals surface area (Å²) in [4.78, 5) is 68.2. The molecule has 1 aromatic carbocycles. The number of cyclic esters (lactones) is 1. The molecule has 3 aliphatic heterocycles. The maximum atomic E-state index is 14.8. The number of fused-ring (bicyclic) bond motifs is 6. The number of likely N-dealkylation sites (tertiary alicyclic amines) is 1. The molecule has 1 saturated carbocycles. The number of benzene rings is 1. The number of hydrogen-bond donors (Lipinski definition) is 2. The minimum Gasteiger partial charge on any atom is -0.464 e. The molecule has 6 bridgehead atoms. The van der Waals surface area contributed by atoms with Gasteiger partial charge in [-0.1, -0.05) is 40.7 Å². The Hall–Kier alpha value is -4.70. The van der Waals surface area contributed by atoms with Gasteiger partial charge in [-0.2, -0.15) is 0 Å². The Bertz CT molecular complexity index is 2360. The third-order valence-corrected chi connectivity index (χ3v) is 14.0. The van der Waals surface area contributed by atoms with E-state index in [2.05, 4.69) is 74.2 Å². The summed E-state index contributed by atoms with van der Waals surface area (Å²) < 4.78 is 20.6. The first-order valence-corrected chi connectivity index (χ1v) is 23.0. The first kappa shape index (κ1) is 43.9. The highest BCUT2D eigenvalue weighted by Gasteiger charge is 2.59. The molecule has 8 rings (SSSR count). The van der Waals surface area contributed by atoms with Crippen molar-refractivity contribution < 1.29 is 33.4 Å². The van der Waals surface area contributed by atoms with Gasteiger partial charge in [0.15, 0.2) is 0 Å². The van der Waals surface area contributed by atoms with Gasteiger partial charge in [0.1, 0.15) is 23.2 Å². The van der Waals surface area contributed by atoms with E-state index in [4.69, 9.17) is 24.2 Å². The van der Waals surface area contributed by atoms with Crippen molar-refractivity contribution in [1.82, 2.24) is 35.2 Å². The molecular weight excluding hydrogens is 807 g/mol. The summed E-state index contributed by atoms with van der Waals surface area (Å²) in [5.74, 6) is -2.51. The fourth-order valence-electron chi connectivity index (χ4n) is 9.79. The molecule has 3 fully saturated rings. The van der Waals surface area contributed by atoms with Gasteiger partial charge in [0, 0.05) is 78.9 Å². The van der Waals surface area contributed by atoms with Gasteiger partial charge in [-0.15, -0.1) is 11.3 Å². The number of ether oxygens (including phenoxy) is 3. The summed E-state index contributed by atoms with van der Waals surface area (Å²) in [5.41, 5.74) is 9.32. The standard InChI is InChI=1S/C47H61N7O7S/c1-10-53-34-17-16-28-20-30(34)31(39(53)29-14-12-18-48-37(29)27(4)59-9)21-46(5,6)25-61-45(58)32-15-13-19-54(51-32)44(57)38(40(60-11-2)42-49-33(28)22-62-42)50-41(55)35-26(3)36(35)43(56)52-23-47(7,8)24-52/h12,14,16-18,20,22,26-27,32,35-36,38,40,51H,10-11,13,15,19,21,23-25H2,1-9H3,(H,50,55)/t26-,27+,32+,35-,36-,38+,40+/m1/s1. The Labute approximate surface area is 368 Å². The van der Waals surface area contributed by atoms with Gasteiger partial charge in [0.05, 0.1) is 41.6 Å². The van der Waals surface area contributed by atoms with Crippen LogP contribution in [0.2, 0.25) is 0 Å². The molecule has 2 N–H and O–H groups in total. The van der Waals surface area contributed by atoms with Crippen LogP contribution in [0.4, 0.5) is 0 Å². The number of hydrogen-bond acceptors (Lipinski definition) is 11. The summed E-state index contributed by atoms with van der Waals surface area (Å²) in [5, 5.41) is 8.01. The Morgan fingerprint density at radius 3 is 2.58 bits per heavy atom. The van der Waals surface area contributed by atoms with Gasteiger partial charge in [-0.3, -0.25) is 29.2 Å². The van der Waals surface area contributed by atoms with Gasteiger partial charge in [-0.25, -0.2) is 10.4 Å². The highest BCUT2D eigenvalue weighted by Crippen LogP contribution is 2.49. The molecule has 0 unspecified atom stereocenters. The Kier molecular flexibility index (Phi) is 12.1. The monoisotopic (exact) mass is 867 g/mol. The lowest BCUT2D eigenvalue weighted by Crippen LogP contribution is -2.61. The van der Waals surface area contributed by atoms with Crippen molar-refractivity contribution in [2.45, 2.75) is 105 Å². The van der Waals surface area contributed by atoms with Crippen LogP contribution >= 0.6 is 11.3 Å². The summed E-state index contributed by atoms with van der Waals surface area (Å²) in [6.07, 6.45) is 2.18. The lowest BCUT2D eigenvalue weighted by molar-refractivity contribution is -0.156. The number of carbonyl (C=O) groups excluding carboxylic acids is 4. The SMILES string of the molecule is CCO[C@@H]1c2nc(cs2)-c2ccc3c(c2)c(c(-c2cccnc2[C@H](C)OC)n3CC)CC(C)(C)COC(=O)[C@@H]2CCCN(N2)C(=O)[C@H]1NC(=O)[C@@H]1[C@@H](C)[C@H]1C(=O)N1CC(C)(C)C1. The van der Waals surface area contributed by atoms with Crippen molar-refractivity contribution in [2.75, 3.05) is 40.0 Å². The Balaban J connectivity index is 1.22. The van der Waals surface area contributed by atoms with Crippen LogP contribution in [0.1, 0.15) is 96.7 Å². The highest BCUT2D eigenvalue weighted by atomic mass is 32.1. The van der Waals surface area contributed by atoms with Crippen LogP contribution in [-0.4, -0.2) is 100 Å². The molecule has 3 aromatic heterocycles. The molecule has 332 valence electrons. The van der Waals surface area contributed by atoms with E-state index in [9.17, 15) is 19.2 Å². The van der Waals surface area contributed by atoms with E-state index in [1.54, 1.807) is 13.3 Å². The maximum absolute atomic E-state index is 14.8. The fraction of sp³-hybridized carbons (Fsp3) is 0.574. The fourth-order valence-corrected chi connectivity index (χ4v) is 10.7. The van der Waals surface area contributed by atoms with Crippen LogP contribution in [0.25, 0.3) is 33.4 Å². The second-order valence-corrected chi connectivity index (χ2v) is 20.0. The summed E-state index contributed by atoms with van der Waals surface area (Å²) >= 11 is 1.37. The minimum absolute atomic E-state index is 0.0203. The number of nitrogens with one attached hydrogen (secondary N) is 2. The minimum atomic E-state index is -1.20. The second kappa shape index (κ2) is 17.1. The molecule has 4 aliphatic rings. The molecule has 14 nitrogen and oxygen atoms in total. The number of carbonyl (C=O) groups is 4. The van der Waals surface area contributed by atoms with E-state index < -0.39 is 47.3 Å². The number of esters is 1. The van der Waals surface area contributed by atoms with E-state index in [1.807, 2.05) is 37.1 Å². The molecule has 3 amide bonds. The van der Waals surface area contributed by atoms with E-state index in [0.717, 1.165) is 39.0 Å². The molecule has 0 radical (unpaired) electrons. The quantitative estimate of drug-likeness (QED) is 0.178. The number of thiazole rings is 1. The number of hydrazine groups is 1. The van der Waals surface area contributed by atoms with Gasteiger partial charge in [-0.05, 0) is 81.2 Å². The number of rotatable bonds is 9. The molecule has 4 aromatic rings. The topological polar surface area (TPSA) is 157 Å². The molecule has 6 heterocycles. The van der Waals surface area contributed by atoms with Gasteiger partial charge < -0.3 is 29.0 Å². The van der Waals surface area contributed by atoms with Crippen LogP contribution in [0.5, 0.6) is 0 Å². The Morgan fingerprint density at radius 2 is 1.87 bits per heavy atom. The third kappa shape index (κ3) is 8.28. The van der Waals surface area contributed by atoms with E-state index in [1.165, 1.54) is 16.3 Å². The molecule has 0 spiro atoms. The number of aromatic nitrogens is 3. The number of aryl methyl sites for hydroxylation is 1. The zero-order chi connectivity index (χ0) is 44.2. The number of methoxy groups -OCH3 is 1. The van der Waals surface area contributed by atoms with Gasteiger partial charge >= 0.3 is 5.97 Å². The summed E-state index contributed by atoms with van der Waals surface area (Å²) in [7, 11) is 1.69. The largest absolute Gasteiger partial charge is 0.464 e. The van der Waals surface area contributed by atoms with Crippen molar-refractivity contribution in [3.63, 3.8) is 0 Å². The zero-order valence-corrected chi connectivity index (χ0v) is 38.3. The lowest BCUT2D eigenvalue weighted by atomic mass is 9.84. The van der Waals surface area contributed by atoms with Crippen LogP contribution in [-0.2, 0) is 46.4 Å². The molecular formula is C47H61N7O7S. The summed E-state index contributed by atoms with van der Waals surface area (Å²) in [6.45, 7) is 19.0.